The number of rotatable bonds is 3. The fourth-order valence-electron chi connectivity index (χ4n) is 4.07. The number of amides is 2. The van der Waals surface area contributed by atoms with Gasteiger partial charge >= 0.3 is 0 Å². The molecule has 3 aromatic rings. The Kier molecular flexibility index (Phi) is 5.27. The number of hydrogen-bond acceptors (Lipinski definition) is 4. The van der Waals surface area contributed by atoms with E-state index in [1.807, 2.05) is 23.1 Å². The molecule has 0 spiro atoms. The van der Waals surface area contributed by atoms with Crippen LogP contribution in [0.2, 0.25) is 5.02 Å². The van der Waals surface area contributed by atoms with Gasteiger partial charge in [-0.25, -0.2) is 4.98 Å². The SMILES string of the molecule is Cc1cc(C(=O)N[C@@H]2CCN(C(=O)c3cc(Cl)c4ncc(C)n4c3)C[C@@H]2C)n(C)n1. The average Bonchev–Trinajstić information content (AvgIpc) is 3.24. The average molecular weight is 429 g/mol. The minimum atomic E-state index is -0.137. The van der Waals surface area contributed by atoms with E-state index >= 15 is 0 Å². The zero-order valence-corrected chi connectivity index (χ0v) is 18.3. The first-order chi connectivity index (χ1) is 14.2. The van der Waals surface area contributed by atoms with Gasteiger partial charge in [-0.3, -0.25) is 14.3 Å². The van der Waals surface area contributed by atoms with Crippen LogP contribution in [0.4, 0.5) is 0 Å². The van der Waals surface area contributed by atoms with Crippen LogP contribution in [0.5, 0.6) is 0 Å². The number of pyridine rings is 1. The molecule has 1 aliphatic heterocycles. The molecule has 9 heteroatoms. The monoisotopic (exact) mass is 428 g/mol. The van der Waals surface area contributed by atoms with Gasteiger partial charge in [0.15, 0.2) is 5.65 Å². The molecule has 0 bridgehead atoms. The van der Waals surface area contributed by atoms with Crippen LogP contribution in [0.3, 0.4) is 0 Å². The van der Waals surface area contributed by atoms with Crippen molar-refractivity contribution < 1.29 is 9.59 Å². The highest BCUT2D eigenvalue weighted by Gasteiger charge is 2.31. The molecular weight excluding hydrogens is 404 g/mol. The van der Waals surface area contributed by atoms with E-state index in [4.69, 9.17) is 11.6 Å². The second-order valence-electron chi connectivity index (χ2n) is 8.06. The quantitative estimate of drug-likeness (QED) is 0.695. The Morgan fingerprint density at radius 3 is 2.70 bits per heavy atom. The van der Waals surface area contributed by atoms with Gasteiger partial charge in [-0.05, 0) is 38.3 Å². The highest BCUT2D eigenvalue weighted by Crippen LogP contribution is 2.23. The Labute approximate surface area is 179 Å². The van der Waals surface area contributed by atoms with Crippen molar-refractivity contribution in [3.63, 3.8) is 0 Å². The number of piperidine rings is 1. The van der Waals surface area contributed by atoms with Crippen molar-refractivity contribution in [1.29, 1.82) is 0 Å². The summed E-state index contributed by atoms with van der Waals surface area (Å²) in [5.41, 5.74) is 3.44. The van der Waals surface area contributed by atoms with Crippen LogP contribution < -0.4 is 5.32 Å². The van der Waals surface area contributed by atoms with Gasteiger partial charge in [0.25, 0.3) is 11.8 Å². The van der Waals surface area contributed by atoms with Crippen LogP contribution >= 0.6 is 11.6 Å². The number of aromatic nitrogens is 4. The maximum atomic E-state index is 13.1. The second kappa shape index (κ2) is 7.75. The molecule has 0 saturated carbocycles. The maximum absolute atomic E-state index is 13.1. The minimum Gasteiger partial charge on any atom is -0.348 e. The molecule has 2 atom stereocenters. The predicted molar refractivity (Wildman–Crippen MR) is 114 cm³/mol. The molecule has 0 aromatic carbocycles. The molecular formula is C21H25ClN6O2. The Bertz CT molecular complexity index is 1130. The lowest BCUT2D eigenvalue weighted by molar-refractivity contribution is 0.0631. The van der Waals surface area contributed by atoms with Crippen LogP contribution in [0.15, 0.2) is 24.5 Å². The molecule has 3 aromatic heterocycles. The number of hydrogen-bond donors (Lipinski definition) is 1. The van der Waals surface area contributed by atoms with E-state index in [0.717, 1.165) is 11.4 Å². The summed E-state index contributed by atoms with van der Waals surface area (Å²) in [5.74, 6) is -0.0801. The summed E-state index contributed by atoms with van der Waals surface area (Å²) in [5, 5.41) is 7.79. The number of likely N-dealkylation sites (tertiary alicyclic amines) is 1. The number of nitrogens with zero attached hydrogens (tertiary/aromatic N) is 5. The molecule has 8 nitrogen and oxygen atoms in total. The van der Waals surface area contributed by atoms with Gasteiger partial charge in [0.05, 0.1) is 16.3 Å². The molecule has 158 valence electrons. The number of carbonyl (C=O) groups excluding carboxylic acids is 2. The van der Waals surface area contributed by atoms with Crippen molar-refractivity contribution in [2.45, 2.75) is 33.2 Å². The number of imidazole rings is 1. The van der Waals surface area contributed by atoms with Gasteiger partial charge in [0.2, 0.25) is 0 Å². The van der Waals surface area contributed by atoms with Gasteiger partial charge in [0, 0.05) is 44.3 Å². The molecule has 1 fully saturated rings. The molecule has 1 aliphatic rings. The van der Waals surface area contributed by atoms with Crippen LogP contribution in [0.25, 0.3) is 5.65 Å². The van der Waals surface area contributed by atoms with Gasteiger partial charge in [-0.15, -0.1) is 0 Å². The number of nitrogens with one attached hydrogen (secondary N) is 1. The number of halogens is 1. The van der Waals surface area contributed by atoms with Gasteiger partial charge in [-0.2, -0.15) is 5.10 Å². The molecule has 4 rings (SSSR count). The van der Waals surface area contributed by atoms with Crippen molar-refractivity contribution in [3.05, 3.63) is 52.2 Å². The summed E-state index contributed by atoms with van der Waals surface area (Å²) in [6.07, 6.45) is 4.21. The lowest BCUT2D eigenvalue weighted by Crippen LogP contribution is -2.51. The molecule has 2 amide bonds. The molecule has 1 saturated heterocycles. The van der Waals surface area contributed by atoms with Gasteiger partial charge < -0.3 is 14.6 Å². The zero-order chi connectivity index (χ0) is 21.6. The highest BCUT2D eigenvalue weighted by molar-refractivity contribution is 6.33. The molecule has 0 aliphatic carbocycles. The van der Waals surface area contributed by atoms with Crippen LogP contribution in [0.1, 0.15) is 45.6 Å². The molecule has 30 heavy (non-hydrogen) atoms. The third-order valence-corrected chi connectivity index (χ3v) is 6.01. The Morgan fingerprint density at radius 2 is 2.03 bits per heavy atom. The largest absolute Gasteiger partial charge is 0.348 e. The smallest absolute Gasteiger partial charge is 0.269 e. The maximum Gasteiger partial charge on any atom is 0.269 e. The molecule has 1 N–H and O–H groups in total. The summed E-state index contributed by atoms with van der Waals surface area (Å²) < 4.78 is 3.42. The van der Waals surface area contributed by atoms with E-state index in [-0.39, 0.29) is 23.8 Å². The second-order valence-corrected chi connectivity index (χ2v) is 8.47. The molecule has 4 heterocycles. The topological polar surface area (TPSA) is 84.5 Å². The number of aryl methyl sites for hydroxylation is 3. The van der Waals surface area contributed by atoms with E-state index in [9.17, 15) is 9.59 Å². The Hall–Kier alpha value is -2.87. The standard InChI is InChI=1S/C21H25ClN6O2/c1-12-10-27(6-5-17(12)24-20(29)18-7-13(2)25-26(18)4)21(30)15-8-16(22)19-23-9-14(3)28(19)11-15/h7-9,11-12,17H,5-6,10H2,1-4H3,(H,24,29)/t12-,17+/m0/s1. The number of fused-ring (bicyclic) bond motifs is 1. The van der Waals surface area contributed by atoms with Crippen LogP contribution in [-0.2, 0) is 7.05 Å². The van der Waals surface area contributed by atoms with Crippen molar-refractivity contribution in [2.75, 3.05) is 13.1 Å². The third kappa shape index (κ3) is 3.67. The molecule has 0 radical (unpaired) electrons. The van der Waals surface area contributed by atoms with Crippen LogP contribution in [-0.4, -0.2) is 55.0 Å². The summed E-state index contributed by atoms with van der Waals surface area (Å²) in [6.45, 7) is 6.96. The van der Waals surface area contributed by atoms with E-state index in [0.29, 0.717) is 41.4 Å². The first-order valence-corrected chi connectivity index (χ1v) is 10.4. The zero-order valence-electron chi connectivity index (χ0n) is 17.5. The summed E-state index contributed by atoms with van der Waals surface area (Å²) in [4.78, 5) is 31.8. The lowest BCUT2D eigenvalue weighted by atomic mass is 9.93. The summed E-state index contributed by atoms with van der Waals surface area (Å²) in [7, 11) is 1.76. The Morgan fingerprint density at radius 1 is 1.27 bits per heavy atom. The van der Waals surface area contributed by atoms with E-state index in [2.05, 4.69) is 22.3 Å². The highest BCUT2D eigenvalue weighted by atomic mass is 35.5. The minimum absolute atomic E-state index is 0.00119. The predicted octanol–water partition coefficient (Wildman–Crippen LogP) is 2.62. The first-order valence-electron chi connectivity index (χ1n) is 9.98. The number of carbonyl (C=O) groups is 2. The van der Waals surface area contributed by atoms with Crippen molar-refractivity contribution in [3.8, 4) is 0 Å². The van der Waals surface area contributed by atoms with Gasteiger partial charge in [-0.1, -0.05) is 18.5 Å². The van der Waals surface area contributed by atoms with E-state index < -0.39 is 0 Å². The third-order valence-electron chi connectivity index (χ3n) is 5.74. The van der Waals surface area contributed by atoms with Crippen LogP contribution in [0, 0.1) is 19.8 Å². The molecule has 0 unspecified atom stereocenters. The summed E-state index contributed by atoms with van der Waals surface area (Å²) >= 11 is 6.33. The van der Waals surface area contributed by atoms with E-state index in [1.54, 1.807) is 36.3 Å². The van der Waals surface area contributed by atoms with Gasteiger partial charge in [0.1, 0.15) is 5.69 Å². The fraction of sp³-hybridized carbons (Fsp3) is 0.429. The normalized spacial score (nSPS) is 19.3. The van der Waals surface area contributed by atoms with Crippen molar-refractivity contribution in [2.24, 2.45) is 13.0 Å². The Balaban J connectivity index is 1.45. The fourth-order valence-corrected chi connectivity index (χ4v) is 4.33. The lowest BCUT2D eigenvalue weighted by Gasteiger charge is -2.37. The van der Waals surface area contributed by atoms with Crippen molar-refractivity contribution >= 4 is 29.1 Å². The first kappa shape index (κ1) is 20.4. The van der Waals surface area contributed by atoms with Crippen molar-refractivity contribution in [1.82, 2.24) is 29.4 Å². The van der Waals surface area contributed by atoms with E-state index in [1.165, 1.54) is 0 Å². The summed E-state index contributed by atoms with van der Waals surface area (Å²) in [6, 6.07) is 3.45.